The van der Waals surface area contributed by atoms with Gasteiger partial charge in [-0.15, -0.1) is 0 Å². The highest BCUT2D eigenvalue weighted by atomic mass is 32.2. The summed E-state index contributed by atoms with van der Waals surface area (Å²) < 4.78 is 28.4. The lowest BCUT2D eigenvalue weighted by Crippen LogP contribution is -2.46. The minimum absolute atomic E-state index is 0.113. The number of nitrogens with zero attached hydrogens (tertiary/aromatic N) is 1. The summed E-state index contributed by atoms with van der Waals surface area (Å²) in [6.07, 6.45) is 7.55. The summed E-state index contributed by atoms with van der Waals surface area (Å²) in [4.78, 5) is 0.428. The molecule has 1 aromatic carbocycles. The van der Waals surface area contributed by atoms with E-state index in [0.29, 0.717) is 17.5 Å². The van der Waals surface area contributed by atoms with Crippen molar-refractivity contribution in [3.05, 3.63) is 29.8 Å². The molecule has 2 aliphatic heterocycles. The van der Waals surface area contributed by atoms with E-state index in [9.17, 15) is 8.42 Å². The van der Waals surface area contributed by atoms with Gasteiger partial charge in [-0.1, -0.05) is 24.1 Å². The zero-order chi connectivity index (χ0) is 18.4. The summed E-state index contributed by atoms with van der Waals surface area (Å²) in [5, 5.41) is 6.92. The highest BCUT2D eigenvalue weighted by Gasteiger charge is 2.32. The van der Waals surface area contributed by atoms with Crippen LogP contribution in [0.5, 0.6) is 0 Å². The van der Waals surface area contributed by atoms with Crippen LogP contribution in [0.2, 0.25) is 0 Å². The molecule has 2 aliphatic rings. The topological polar surface area (TPSA) is 61.4 Å². The maximum Gasteiger partial charge on any atom is 0.243 e. The molecule has 0 amide bonds. The van der Waals surface area contributed by atoms with Crippen molar-refractivity contribution in [1.82, 2.24) is 14.9 Å². The predicted octanol–water partition coefficient (Wildman–Crippen LogP) is 2.66. The van der Waals surface area contributed by atoms with E-state index in [1.54, 1.807) is 16.4 Å². The fourth-order valence-corrected chi connectivity index (χ4v) is 5.83. The molecule has 6 heteroatoms. The summed E-state index contributed by atoms with van der Waals surface area (Å²) in [6, 6.07) is 7.95. The second-order valence-electron chi connectivity index (χ2n) is 7.70. The van der Waals surface area contributed by atoms with Crippen LogP contribution in [-0.4, -0.2) is 51.0 Å². The summed E-state index contributed by atoms with van der Waals surface area (Å²) in [6.45, 7) is 5.51. The van der Waals surface area contributed by atoms with E-state index < -0.39 is 10.0 Å². The molecular formula is C20H33N3O2S. The van der Waals surface area contributed by atoms with Crippen molar-refractivity contribution in [3.63, 3.8) is 0 Å². The number of piperidine rings is 2. The molecule has 2 heterocycles. The molecule has 1 aromatic rings. The van der Waals surface area contributed by atoms with Gasteiger partial charge < -0.3 is 10.6 Å². The molecule has 0 saturated carbocycles. The van der Waals surface area contributed by atoms with Crippen LogP contribution >= 0.6 is 0 Å². The summed E-state index contributed by atoms with van der Waals surface area (Å²) in [7, 11) is -3.44. The summed E-state index contributed by atoms with van der Waals surface area (Å²) in [5.41, 5.74) is 1.08. The molecule has 0 spiro atoms. The SMILES string of the molecule is Cc1ccc(S(=O)(=O)N(CCCC2CCCCN2)C2CCNCC2)cc1. The van der Waals surface area contributed by atoms with Crippen LogP contribution in [0, 0.1) is 6.92 Å². The average Bonchev–Trinajstić information content (AvgIpc) is 2.67. The van der Waals surface area contributed by atoms with Gasteiger partial charge in [0.05, 0.1) is 4.90 Å². The van der Waals surface area contributed by atoms with Crippen LogP contribution in [0.1, 0.15) is 50.5 Å². The van der Waals surface area contributed by atoms with E-state index in [2.05, 4.69) is 10.6 Å². The quantitative estimate of drug-likeness (QED) is 0.765. The molecule has 2 saturated heterocycles. The Labute approximate surface area is 158 Å². The zero-order valence-corrected chi connectivity index (χ0v) is 16.7. The van der Waals surface area contributed by atoms with E-state index in [4.69, 9.17) is 0 Å². The average molecular weight is 380 g/mol. The van der Waals surface area contributed by atoms with Crippen LogP contribution < -0.4 is 10.6 Å². The van der Waals surface area contributed by atoms with Crippen molar-refractivity contribution in [2.45, 2.75) is 68.8 Å². The molecule has 0 aliphatic carbocycles. The Morgan fingerprint density at radius 1 is 1.04 bits per heavy atom. The molecule has 0 radical (unpaired) electrons. The summed E-state index contributed by atoms with van der Waals surface area (Å²) >= 11 is 0. The molecule has 1 atom stereocenters. The van der Waals surface area contributed by atoms with Gasteiger partial charge in [0.15, 0.2) is 0 Å². The maximum atomic E-state index is 13.3. The van der Waals surface area contributed by atoms with Crippen molar-refractivity contribution in [2.24, 2.45) is 0 Å². The van der Waals surface area contributed by atoms with E-state index in [1.165, 1.54) is 19.3 Å². The first-order valence-corrected chi connectivity index (χ1v) is 11.5. The van der Waals surface area contributed by atoms with E-state index in [0.717, 1.165) is 50.9 Å². The maximum absolute atomic E-state index is 13.3. The van der Waals surface area contributed by atoms with Gasteiger partial charge in [-0.25, -0.2) is 8.42 Å². The monoisotopic (exact) mass is 379 g/mol. The number of hydrogen-bond acceptors (Lipinski definition) is 4. The second kappa shape index (κ2) is 9.31. The number of rotatable bonds is 7. The highest BCUT2D eigenvalue weighted by Crippen LogP contribution is 2.24. The van der Waals surface area contributed by atoms with Gasteiger partial charge in [0, 0.05) is 18.6 Å². The Morgan fingerprint density at radius 3 is 2.42 bits per heavy atom. The zero-order valence-electron chi connectivity index (χ0n) is 15.9. The minimum atomic E-state index is -3.44. The minimum Gasteiger partial charge on any atom is -0.317 e. The molecular weight excluding hydrogens is 346 g/mol. The fraction of sp³-hybridized carbons (Fsp3) is 0.700. The third kappa shape index (κ3) is 5.06. The lowest BCUT2D eigenvalue weighted by Gasteiger charge is -2.34. The van der Waals surface area contributed by atoms with Crippen molar-refractivity contribution < 1.29 is 8.42 Å². The van der Waals surface area contributed by atoms with Gasteiger partial charge in [-0.2, -0.15) is 4.31 Å². The number of aryl methyl sites for hydroxylation is 1. The Balaban J connectivity index is 1.70. The van der Waals surface area contributed by atoms with E-state index >= 15 is 0 Å². The number of benzene rings is 1. The van der Waals surface area contributed by atoms with Crippen LogP contribution in [0.25, 0.3) is 0 Å². The van der Waals surface area contributed by atoms with Crippen molar-refractivity contribution in [1.29, 1.82) is 0 Å². The molecule has 26 heavy (non-hydrogen) atoms. The molecule has 2 fully saturated rings. The number of hydrogen-bond donors (Lipinski definition) is 2. The highest BCUT2D eigenvalue weighted by molar-refractivity contribution is 7.89. The predicted molar refractivity (Wildman–Crippen MR) is 106 cm³/mol. The standard InChI is InChI=1S/C20H33N3O2S/c1-17-7-9-20(10-8-17)26(24,25)23(19-11-14-21-15-12-19)16-4-6-18-5-2-3-13-22-18/h7-10,18-19,21-22H,2-6,11-16H2,1H3. The smallest absolute Gasteiger partial charge is 0.243 e. The van der Waals surface area contributed by atoms with Crippen molar-refractivity contribution in [3.8, 4) is 0 Å². The lowest BCUT2D eigenvalue weighted by molar-refractivity contribution is 0.252. The van der Waals surface area contributed by atoms with Crippen LogP contribution in [0.4, 0.5) is 0 Å². The van der Waals surface area contributed by atoms with Gasteiger partial charge >= 0.3 is 0 Å². The molecule has 146 valence electrons. The molecule has 1 unspecified atom stereocenters. The summed E-state index contributed by atoms with van der Waals surface area (Å²) in [5.74, 6) is 0. The molecule has 3 rings (SSSR count). The molecule has 5 nitrogen and oxygen atoms in total. The van der Waals surface area contributed by atoms with Crippen LogP contribution in [-0.2, 0) is 10.0 Å². The third-order valence-electron chi connectivity index (χ3n) is 5.69. The van der Waals surface area contributed by atoms with Crippen LogP contribution in [0.15, 0.2) is 29.2 Å². The first kappa shape index (κ1) is 19.8. The second-order valence-corrected chi connectivity index (χ2v) is 9.59. The molecule has 0 aromatic heterocycles. The Hall–Kier alpha value is -0.950. The molecule has 2 N–H and O–H groups in total. The van der Waals surface area contributed by atoms with Crippen molar-refractivity contribution >= 4 is 10.0 Å². The van der Waals surface area contributed by atoms with Gasteiger partial charge in [-0.3, -0.25) is 0 Å². The van der Waals surface area contributed by atoms with Gasteiger partial charge in [-0.05, 0) is 77.2 Å². The Bertz CT molecular complexity index is 648. The van der Waals surface area contributed by atoms with Gasteiger partial charge in [0.1, 0.15) is 0 Å². The van der Waals surface area contributed by atoms with Crippen LogP contribution in [0.3, 0.4) is 0 Å². The first-order chi connectivity index (χ1) is 12.6. The number of nitrogens with one attached hydrogen (secondary N) is 2. The van der Waals surface area contributed by atoms with E-state index in [1.807, 2.05) is 19.1 Å². The largest absolute Gasteiger partial charge is 0.317 e. The lowest BCUT2D eigenvalue weighted by atomic mass is 10.0. The fourth-order valence-electron chi connectivity index (χ4n) is 4.10. The Morgan fingerprint density at radius 2 is 1.77 bits per heavy atom. The third-order valence-corrected chi connectivity index (χ3v) is 7.65. The number of sulfonamides is 1. The Kier molecular flexibility index (Phi) is 7.09. The normalized spacial score (nSPS) is 22.6. The van der Waals surface area contributed by atoms with Crippen molar-refractivity contribution in [2.75, 3.05) is 26.2 Å². The van der Waals surface area contributed by atoms with Gasteiger partial charge in [0.25, 0.3) is 0 Å². The van der Waals surface area contributed by atoms with E-state index in [-0.39, 0.29) is 6.04 Å². The van der Waals surface area contributed by atoms with Gasteiger partial charge in [0.2, 0.25) is 10.0 Å². The molecule has 0 bridgehead atoms. The first-order valence-electron chi connectivity index (χ1n) is 10.1.